The molecule has 0 spiro atoms. The molecular weight excluding hydrogens is 271 g/mol. The van der Waals surface area contributed by atoms with Crippen LogP contribution in [0.4, 0.5) is 18.9 Å². The van der Waals surface area contributed by atoms with Crippen molar-refractivity contribution in [1.29, 1.82) is 0 Å². The molecule has 20 heavy (non-hydrogen) atoms. The van der Waals surface area contributed by atoms with E-state index in [1.807, 2.05) is 5.32 Å². The van der Waals surface area contributed by atoms with Crippen LogP contribution >= 0.6 is 0 Å². The van der Waals surface area contributed by atoms with E-state index < -0.39 is 18.1 Å². The van der Waals surface area contributed by atoms with Gasteiger partial charge in [-0.3, -0.25) is 9.79 Å². The summed E-state index contributed by atoms with van der Waals surface area (Å²) in [6, 6.07) is 5.71. The molecule has 0 aliphatic heterocycles. The molecular formula is C13H14F3N3O. The number of nitrogens with one attached hydrogen (secondary N) is 1. The van der Waals surface area contributed by atoms with Gasteiger partial charge in [0.15, 0.2) is 0 Å². The molecule has 7 heteroatoms. The SMILES string of the molecule is C[C@@H](NC(=O)C(F)(F)F)c1ccc(N=CC=CN)cc1. The maximum Gasteiger partial charge on any atom is 0.471 e. The first kappa shape index (κ1) is 15.7. The Hall–Kier alpha value is -2.31. The maximum atomic E-state index is 12.1. The van der Waals surface area contributed by atoms with Crippen LogP contribution in [0.15, 0.2) is 41.5 Å². The Morgan fingerprint density at radius 2 is 1.95 bits per heavy atom. The number of benzene rings is 1. The Balaban J connectivity index is 2.71. The number of allylic oxidation sites excluding steroid dienone is 1. The first-order chi connectivity index (χ1) is 9.34. The molecule has 0 aromatic heterocycles. The molecule has 0 radical (unpaired) electrons. The van der Waals surface area contributed by atoms with E-state index in [1.54, 1.807) is 30.3 Å². The number of alkyl halides is 3. The monoisotopic (exact) mass is 285 g/mol. The van der Waals surface area contributed by atoms with Crippen LogP contribution < -0.4 is 11.1 Å². The van der Waals surface area contributed by atoms with Crippen molar-refractivity contribution in [2.45, 2.75) is 19.1 Å². The van der Waals surface area contributed by atoms with Crippen molar-refractivity contribution in [1.82, 2.24) is 5.32 Å². The fraction of sp³-hybridized carbons (Fsp3) is 0.231. The summed E-state index contributed by atoms with van der Waals surface area (Å²) in [6.07, 6.45) is -0.524. The summed E-state index contributed by atoms with van der Waals surface area (Å²) in [6.45, 7) is 1.47. The summed E-state index contributed by atoms with van der Waals surface area (Å²) in [4.78, 5) is 14.8. The highest BCUT2D eigenvalue weighted by atomic mass is 19.4. The minimum Gasteiger partial charge on any atom is -0.405 e. The second-order valence-corrected chi connectivity index (χ2v) is 3.95. The van der Waals surface area contributed by atoms with Crippen molar-refractivity contribution >= 4 is 17.8 Å². The van der Waals surface area contributed by atoms with Gasteiger partial charge in [0.1, 0.15) is 0 Å². The van der Waals surface area contributed by atoms with Crippen molar-refractivity contribution in [3.05, 3.63) is 42.1 Å². The van der Waals surface area contributed by atoms with Crippen LogP contribution in [0.1, 0.15) is 18.5 Å². The van der Waals surface area contributed by atoms with Gasteiger partial charge in [-0.2, -0.15) is 13.2 Å². The van der Waals surface area contributed by atoms with Crippen LogP contribution in [0.3, 0.4) is 0 Å². The predicted molar refractivity (Wildman–Crippen MR) is 70.5 cm³/mol. The van der Waals surface area contributed by atoms with Gasteiger partial charge in [0.25, 0.3) is 0 Å². The van der Waals surface area contributed by atoms with Gasteiger partial charge >= 0.3 is 12.1 Å². The Morgan fingerprint density at radius 1 is 1.35 bits per heavy atom. The first-order valence-electron chi connectivity index (χ1n) is 5.73. The van der Waals surface area contributed by atoms with Gasteiger partial charge < -0.3 is 11.1 Å². The van der Waals surface area contributed by atoms with Crippen molar-refractivity contribution in [3.8, 4) is 0 Å². The summed E-state index contributed by atoms with van der Waals surface area (Å²) >= 11 is 0. The molecule has 4 nitrogen and oxygen atoms in total. The number of amides is 1. The molecule has 0 unspecified atom stereocenters. The van der Waals surface area contributed by atoms with E-state index in [2.05, 4.69) is 4.99 Å². The fourth-order valence-corrected chi connectivity index (χ4v) is 1.39. The van der Waals surface area contributed by atoms with E-state index in [-0.39, 0.29) is 0 Å². The molecule has 1 aromatic carbocycles. The number of hydrogen-bond acceptors (Lipinski definition) is 3. The van der Waals surface area contributed by atoms with Crippen molar-refractivity contribution < 1.29 is 18.0 Å². The highest BCUT2D eigenvalue weighted by molar-refractivity contribution is 5.82. The predicted octanol–water partition coefficient (Wildman–Crippen LogP) is 2.60. The number of carbonyl (C=O) groups is 1. The quantitative estimate of drug-likeness (QED) is 0.835. The molecule has 1 atom stereocenters. The van der Waals surface area contributed by atoms with Gasteiger partial charge in [0, 0.05) is 6.21 Å². The standard InChI is InChI=1S/C13H14F3N3O/c1-9(19-12(20)13(14,15)16)10-3-5-11(6-4-10)18-8-2-7-17/h2-9H,17H2,1H3,(H,19,20)/t9-/m1/s1. The van der Waals surface area contributed by atoms with Crippen LogP contribution in [0.25, 0.3) is 0 Å². The van der Waals surface area contributed by atoms with Gasteiger partial charge in [-0.1, -0.05) is 12.1 Å². The topological polar surface area (TPSA) is 67.5 Å². The molecule has 0 bridgehead atoms. The number of rotatable bonds is 4. The van der Waals surface area contributed by atoms with Crippen LogP contribution in [-0.2, 0) is 4.79 Å². The van der Waals surface area contributed by atoms with Gasteiger partial charge in [0.05, 0.1) is 11.7 Å². The van der Waals surface area contributed by atoms with Gasteiger partial charge in [-0.05, 0) is 36.9 Å². The lowest BCUT2D eigenvalue weighted by Gasteiger charge is -2.15. The van der Waals surface area contributed by atoms with E-state index in [0.717, 1.165) is 0 Å². The van der Waals surface area contributed by atoms with E-state index in [1.165, 1.54) is 19.3 Å². The number of nitrogens with two attached hydrogens (primary N) is 1. The van der Waals surface area contributed by atoms with E-state index in [9.17, 15) is 18.0 Å². The molecule has 108 valence electrons. The first-order valence-corrected chi connectivity index (χ1v) is 5.73. The molecule has 0 saturated carbocycles. The Labute approximate surface area is 114 Å². The molecule has 1 amide bonds. The highest BCUT2D eigenvalue weighted by Crippen LogP contribution is 2.20. The zero-order valence-corrected chi connectivity index (χ0v) is 10.7. The lowest BCUT2D eigenvalue weighted by Crippen LogP contribution is -2.38. The molecule has 0 aliphatic carbocycles. The van der Waals surface area contributed by atoms with Crippen molar-refractivity contribution in [2.24, 2.45) is 10.7 Å². The smallest absolute Gasteiger partial charge is 0.405 e. The van der Waals surface area contributed by atoms with Crippen LogP contribution in [0, 0.1) is 0 Å². The van der Waals surface area contributed by atoms with Gasteiger partial charge in [-0.15, -0.1) is 0 Å². The second kappa shape index (κ2) is 6.74. The lowest BCUT2D eigenvalue weighted by atomic mass is 10.1. The third-order valence-electron chi connectivity index (χ3n) is 2.42. The second-order valence-electron chi connectivity index (χ2n) is 3.95. The molecule has 0 fully saturated rings. The average molecular weight is 285 g/mol. The van der Waals surface area contributed by atoms with Gasteiger partial charge in [-0.25, -0.2) is 0 Å². The average Bonchev–Trinajstić information content (AvgIpc) is 2.38. The molecule has 1 aromatic rings. The Morgan fingerprint density at radius 3 is 2.45 bits per heavy atom. The van der Waals surface area contributed by atoms with E-state index >= 15 is 0 Å². The molecule has 0 aliphatic rings. The lowest BCUT2D eigenvalue weighted by molar-refractivity contribution is -0.174. The normalized spacial score (nSPS) is 13.8. The Bertz CT molecular complexity index is 507. The number of hydrogen-bond donors (Lipinski definition) is 2. The number of halogens is 3. The number of carbonyl (C=O) groups excluding carboxylic acids is 1. The molecule has 0 heterocycles. The van der Waals surface area contributed by atoms with Crippen LogP contribution in [0.5, 0.6) is 0 Å². The summed E-state index contributed by atoms with van der Waals surface area (Å²) in [5.41, 5.74) is 6.31. The number of aliphatic imine (C=N–C) groups is 1. The third kappa shape index (κ3) is 4.75. The highest BCUT2D eigenvalue weighted by Gasteiger charge is 2.39. The minimum atomic E-state index is -4.88. The third-order valence-corrected chi connectivity index (χ3v) is 2.42. The molecule has 0 saturated heterocycles. The van der Waals surface area contributed by atoms with Gasteiger partial charge in [0.2, 0.25) is 0 Å². The summed E-state index contributed by atoms with van der Waals surface area (Å²) in [5, 5.41) is 1.88. The summed E-state index contributed by atoms with van der Waals surface area (Å²) in [5.74, 6) is -1.96. The van der Waals surface area contributed by atoms with E-state index in [0.29, 0.717) is 11.3 Å². The minimum absolute atomic E-state index is 0.552. The van der Waals surface area contributed by atoms with Crippen molar-refractivity contribution in [3.63, 3.8) is 0 Å². The summed E-state index contributed by atoms with van der Waals surface area (Å²) < 4.78 is 36.3. The van der Waals surface area contributed by atoms with Crippen LogP contribution in [-0.4, -0.2) is 18.3 Å². The molecule has 3 N–H and O–H groups in total. The number of nitrogens with zero attached hydrogens (tertiary/aromatic N) is 1. The maximum absolute atomic E-state index is 12.1. The van der Waals surface area contributed by atoms with E-state index in [4.69, 9.17) is 5.73 Å². The fourth-order valence-electron chi connectivity index (χ4n) is 1.39. The zero-order chi connectivity index (χ0) is 15.2. The largest absolute Gasteiger partial charge is 0.471 e. The molecule has 1 rings (SSSR count). The Kier molecular flexibility index (Phi) is 5.31. The van der Waals surface area contributed by atoms with Crippen LogP contribution in [0.2, 0.25) is 0 Å². The summed E-state index contributed by atoms with van der Waals surface area (Å²) in [7, 11) is 0. The van der Waals surface area contributed by atoms with Crippen molar-refractivity contribution in [2.75, 3.05) is 0 Å². The zero-order valence-electron chi connectivity index (χ0n) is 10.7.